The predicted molar refractivity (Wildman–Crippen MR) is 61.4 cm³/mol. The Bertz CT molecular complexity index is 663. The third kappa shape index (κ3) is 0.944. The topological polar surface area (TPSA) is 68.9 Å². The second kappa shape index (κ2) is 2.96. The van der Waals surface area contributed by atoms with E-state index in [4.69, 9.17) is 9.57 Å². The number of hydrogen-bond acceptors (Lipinski definition) is 6. The molecule has 3 saturated heterocycles. The zero-order chi connectivity index (χ0) is 12.6. The van der Waals surface area contributed by atoms with Gasteiger partial charge >= 0.3 is 5.69 Å². The van der Waals surface area contributed by atoms with Crippen molar-refractivity contribution in [2.24, 2.45) is 14.1 Å². The Kier molecular flexibility index (Phi) is 1.67. The third-order valence-corrected chi connectivity index (χ3v) is 3.75. The zero-order valence-electron chi connectivity index (χ0n) is 9.99. The Hall–Kier alpha value is -1.80. The molecule has 2 unspecified atom stereocenters. The number of hydroxylamine groups is 1. The fourth-order valence-electron chi connectivity index (χ4n) is 2.82. The lowest BCUT2D eigenvalue weighted by molar-refractivity contribution is -0.213. The molecule has 0 aliphatic carbocycles. The Morgan fingerprint density at radius 2 is 2.00 bits per heavy atom. The molecule has 5 rings (SSSR count). The smallest absolute Gasteiger partial charge is 0.332 e. The number of rotatable bonds is 0. The van der Waals surface area contributed by atoms with Gasteiger partial charge in [0.1, 0.15) is 5.69 Å². The molecule has 4 aliphatic heterocycles. The van der Waals surface area contributed by atoms with Crippen molar-refractivity contribution in [1.29, 1.82) is 0 Å². The minimum absolute atomic E-state index is 0.148. The third-order valence-electron chi connectivity index (χ3n) is 3.75. The van der Waals surface area contributed by atoms with E-state index in [1.165, 1.54) is 11.6 Å². The molecule has 0 spiro atoms. The summed E-state index contributed by atoms with van der Waals surface area (Å²) in [5.74, 6) is 0.527. The molecule has 1 aromatic heterocycles. The number of anilines is 2. The van der Waals surface area contributed by atoms with Gasteiger partial charge in [-0.2, -0.15) is 0 Å². The molecule has 96 valence electrons. The first kappa shape index (κ1) is 10.2. The maximum absolute atomic E-state index is 12.2. The molecule has 8 heteroatoms. The normalized spacial score (nSPS) is 27.9. The number of hydrogen-bond donors (Lipinski definition) is 0. The van der Waals surface area contributed by atoms with E-state index in [1.807, 2.05) is 4.90 Å². The van der Waals surface area contributed by atoms with Crippen molar-refractivity contribution in [3.63, 3.8) is 0 Å². The quantitative estimate of drug-likeness (QED) is 0.550. The maximum atomic E-state index is 12.2. The summed E-state index contributed by atoms with van der Waals surface area (Å²) in [6.07, 6.45) is -0.520. The molecule has 2 atom stereocenters. The van der Waals surface area contributed by atoms with Gasteiger partial charge in [-0.1, -0.05) is 0 Å². The van der Waals surface area contributed by atoms with Gasteiger partial charge in [0.15, 0.2) is 12.0 Å². The van der Waals surface area contributed by atoms with Crippen LogP contribution in [0, 0.1) is 0 Å². The van der Waals surface area contributed by atoms with Crippen molar-refractivity contribution in [2.45, 2.75) is 12.5 Å². The van der Waals surface area contributed by atoms with Crippen LogP contribution in [0.3, 0.4) is 0 Å². The number of nitrogens with zero attached hydrogens (tertiary/aromatic N) is 4. The fourth-order valence-corrected chi connectivity index (χ4v) is 2.82. The molecular formula is C10H12N4O4. The molecule has 1 aromatic rings. The van der Waals surface area contributed by atoms with E-state index in [0.717, 1.165) is 4.57 Å². The molecule has 8 nitrogen and oxygen atoms in total. The van der Waals surface area contributed by atoms with Gasteiger partial charge < -0.3 is 9.64 Å². The fraction of sp³-hybridized carbons (Fsp3) is 0.600. The number of aromatic nitrogens is 2. The summed E-state index contributed by atoms with van der Waals surface area (Å²) in [5, 5.41) is 1.62. The SMILES string of the molecule is Cn1c2c(c(=O)n(C)c1=O)N1CC3OCC1N2O3. The number of ether oxygens (including phenoxy) is 1. The highest BCUT2D eigenvalue weighted by atomic mass is 16.8. The van der Waals surface area contributed by atoms with Gasteiger partial charge in [0, 0.05) is 14.1 Å². The summed E-state index contributed by atoms with van der Waals surface area (Å²) in [7, 11) is 3.12. The van der Waals surface area contributed by atoms with Crippen LogP contribution in [0.2, 0.25) is 0 Å². The van der Waals surface area contributed by atoms with E-state index in [1.54, 1.807) is 12.1 Å². The summed E-state index contributed by atoms with van der Waals surface area (Å²) >= 11 is 0. The minimum Gasteiger partial charge on any atom is -0.344 e. The van der Waals surface area contributed by atoms with Gasteiger partial charge in [0.25, 0.3) is 5.56 Å². The average molecular weight is 252 g/mol. The lowest BCUT2D eigenvalue weighted by Gasteiger charge is -2.45. The van der Waals surface area contributed by atoms with Crippen molar-refractivity contribution in [1.82, 2.24) is 9.13 Å². The van der Waals surface area contributed by atoms with Gasteiger partial charge in [-0.05, 0) is 0 Å². The van der Waals surface area contributed by atoms with Crippen LogP contribution in [0.4, 0.5) is 11.5 Å². The molecule has 5 heterocycles. The summed E-state index contributed by atoms with van der Waals surface area (Å²) in [4.78, 5) is 31.7. The van der Waals surface area contributed by atoms with Crippen molar-refractivity contribution in [3.8, 4) is 0 Å². The first-order valence-corrected chi connectivity index (χ1v) is 5.74. The lowest BCUT2D eigenvalue weighted by atomic mass is 10.3. The molecule has 0 saturated carbocycles. The van der Waals surface area contributed by atoms with Crippen LogP contribution in [-0.4, -0.2) is 34.7 Å². The molecule has 4 aliphatic rings. The monoisotopic (exact) mass is 252 g/mol. The van der Waals surface area contributed by atoms with Crippen LogP contribution in [0.5, 0.6) is 0 Å². The summed E-state index contributed by atoms with van der Waals surface area (Å²) in [5.41, 5.74) is -0.116. The second-order valence-corrected chi connectivity index (χ2v) is 4.71. The number of morpholine rings is 1. The van der Waals surface area contributed by atoms with Crippen LogP contribution < -0.4 is 21.2 Å². The summed E-state index contributed by atoms with van der Waals surface area (Å²) in [6.45, 7) is 0.984. The van der Waals surface area contributed by atoms with Crippen molar-refractivity contribution >= 4 is 11.5 Å². The van der Waals surface area contributed by atoms with E-state index >= 15 is 0 Å². The van der Waals surface area contributed by atoms with Gasteiger partial charge in [-0.15, -0.1) is 0 Å². The lowest BCUT2D eigenvalue weighted by Crippen LogP contribution is -2.62. The standard InChI is InChI=1S/C10H12N4O4/c1-11-8-7(9(15)12(2)10(11)16)13-3-6-17-4-5(13)14(8)18-6/h5-6H,3-4H2,1-2H3. The van der Waals surface area contributed by atoms with Gasteiger partial charge in [-0.25, -0.2) is 14.7 Å². The molecule has 0 amide bonds. The van der Waals surface area contributed by atoms with E-state index in [0.29, 0.717) is 24.7 Å². The number of fused-ring (bicyclic) bond motifs is 2. The van der Waals surface area contributed by atoms with Crippen molar-refractivity contribution in [3.05, 3.63) is 20.8 Å². The Morgan fingerprint density at radius 1 is 1.22 bits per heavy atom. The largest absolute Gasteiger partial charge is 0.344 e. The van der Waals surface area contributed by atoms with Crippen LogP contribution in [-0.2, 0) is 23.7 Å². The molecule has 4 bridgehead atoms. The van der Waals surface area contributed by atoms with Gasteiger partial charge in [-0.3, -0.25) is 13.9 Å². The Balaban J connectivity index is 2.08. The van der Waals surface area contributed by atoms with Gasteiger partial charge in [0.2, 0.25) is 6.29 Å². The van der Waals surface area contributed by atoms with E-state index < -0.39 is 0 Å². The molecule has 18 heavy (non-hydrogen) atoms. The van der Waals surface area contributed by atoms with Crippen molar-refractivity contribution in [2.75, 3.05) is 23.1 Å². The molecule has 0 N–H and O–H groups in total. The van der Waals surface area contributed by atoms with Crippen LogP contribution in [0.1, 0.15) is 0 Å². The Labute approximate surface area is 101 Å². The molecule has 3 fully saturated rings. The van der Waals surface area contributed by atoms with E-state index in [-0.39, 0.29) is 23.7 Å². The van der Waals surface area contributed by atoms with E-state index in [2.05, 4.69) is 0 Å². The van der Waals surface area contributed by atoms with Crippen LogP contribution in [0.15, 0.2) is 9.59 Å². The zero-order valence-corrected chi connectivity index (χ0v) is 9.99. The highest BCUT2D eigenvalue weighted by Crippen LogP contribution is 2.42. The maximum Gasteiger partial charge on any atom is 0.332 e. The van der Waals surface area contributed by atoms with E-state index in [9.17, 15) is 9.59 Å². The van der Waals surface area contributed by atoms with Crippen LogP contribution in [0.25, 0.3) is 0 Å². The highest BCUT2D eigenvalue weighted by molar-refractivity contribution is 5.73. The Morgan fingerprint density at radius 3 is 2.72 bits per heavy atom. The average Bonchev–Trinajstić information content (AvgIpc) is 2.63. The predicted octanol–water partition coefficient (Wildman–Crippen LogP) is -1.66. The second-order valence-electron chi connectivity index (χ2n) is 4.71. The summed E-state index contributed by atoms with van der Waals surface area (Å²) in [6, 6.07) is 0. The first-order chi connectivity index (χ1) is 8.59. The van der Waals surface area contributed by atoms with Crippen LogP contribution >= 0.6 is 0 Å². The molecule has 0 aromatic carbocycles. The minimum atomic E-state index is -0.373. The summed E-state index contributed by atoms with van der Waals surface area (Å²) < 4.78 is 7.99. The highest BCUT2D eigenvalue weighted by Gasteiger charge is 2.51. The molecular weight excluding hydrogens is 240 g/mol. The first-order valence-electron chi connectivity index (χ1n) is 5.74. The van der Waals surface area contributed by atoms with Crippen molar-refractivity contribution < 1.29 is 9.57 Å². The molecule has 0 radical (unpaired) electrons. The van der Waals surface area contributed by atoms with Gasteiger partial charge in [0.05, 0.1) is 13.2 Å².